The fourth-order valence-electron chi connectivity index (χ4n) is 5.23. The quantitative estimate of drug-likeness (QED) is 0.423. The van der Waals surface area contributed by atoms with Gasteiger partial charge in [0.25, 0.3) is 5.91 Å². The van der Waals surface area contributed by atoms with E-state index >= 15 is 0 Å². The van der Waals surface area contributed by atoms with Crippen LogP contribution in [-0.2, 0) is 41.8 Å². The summed E-state index contributed by atoms with van der Waals surface area (Å²) < 4.78 is 16.6. The molecule has 2 fully saturated rings. The lowest BCUT2D eigenvalue weighted by atomic mass is 9.74. The Morgan fingerprint density at radius 2 is 1.83 bits per heavy atom. The lowest BCUT2D eigenvalue weighted by molar-refractivity contribution is -0.208. The van der Waals surface area contributed by atoms with Gasteiger partial charge in [0.15, 0.2) is 6.04 Å². The first kappa shape index (κ1) is 24.0. The average molecular weight is 493 g/mol. The molecular weight excluding hydrogens is 464 g/mol. The summed E-state index contributed by atoms with van der Waals surface area (Å²) in [4.78, 5) is 46.0. The highest BCUT2D eigenvalue weighted by molar-refractivity contribution is 5.98. The van der Waals surface area contributed by atoms with E-state index in [0.717, 1.165) is 16.2 Å². The molecule has 9 heteroatoms. The minimum atomic E-state index is -1.32. The predicted octanol–water partition coefficient (Wildman–Crippen LogP) is 2.16. The number of carbonyl (C=O) groups is 3. The molecule has 2 amide bonds. The van der Waals surface area contributed by atoms with Crippen molar-refractivity contribution in [3.05, 3.63) is 77.9 Å². The number of esters is 1. The Hall–Kier alpha value is -3.69. The number of benzene rings is 2. The smallest absolute Gasteiger partial charge is 0.312 e. The van der Waals surface area contributed by atoms with Crippen molar-refractivity contribution in [2.45, 2.75) is 37.8 Å². The number of methoxy groups -OCH3 is 1. The van der Waals surface area contributed by atoms with E-state index in [1.54, 1.807) is 38.3 Å². The molecule has 36 heavy (non-hydrogen) atoms. The summed E-state index contributed by atoms with van der Waals surface area (Å²) in [5.41, 5.74) is 0.371. The highest BCUT2D eigenvalue weighted by Gasteiger charge is 2.74. The van der Waals surface area contributed by atoms with Crippen LogP contribution in [0.1, 0.15) is 18.1 Å². The van der Waals surface area contributed by atoms with Crippen molar-refractivity contribution in [1.29, 1.82) is 0 Å². The average Bonchev–Trinajstić information content (AvgIpc) is 3.54. The highest BCUT2D eigenvalue weighted by atomic mass is 16.7. The monoisotopic (exact) mass is 492 g/mol. The Balaban J connectivity index is 1.42. The summed E-state index contributed by atoms with van der Waals surface area (Å²) in [6.07, 6.45) is 2.82. The van der Waals surface area contributed by atoms with Crippen molar-refractivity contribution in [1.82, 2.24) is 10.4 Å². The predicted molar refractivity (Wildman–Crippen MR) is 127 cm³/mol. The Bertz CT molecular complexity index is 1170. The molecule has 5 atom stereocenters. The molecule has 2 bridgehead atoms. The fourth-order valence-corrected chi connectivity index (χ4v) is 5.23. The number of hydrogen-bond acceptors (Lipinski definition) is 7. The van der Waals surface area contributed by atoms with Crippen molar-refractivity contribution in [2.75, 3.05) is 13.7 Å². The largest absolute Gasteiger partial charge is 0.497 e. The second kappa shape index (κ2) is 9.75. The van der Waals surface area contributed by atoms with E-state index in [0.29, 0.717) is 5.75 Å². The Morgan fingerprint density at radius 3 is 2.53 bits per heavy atom. The second-order valence-electron chi connectivity index (χ2n) is 8.94. The molecule has 0 saturated carbocycles. The molecule has 0 aliphatic carbocycles. The zero-order chi connectivity index (χ0) is 25.3. The summed E-state index contributed by atoms with van der Waals surface area (Å²) in [5.74, 6) is -2.51. The lowest BCUT2D eigenvalue weighted by Gasteiger charge is -2.31. The third kappa shape index (κ3) is 4.04. The number of nitrogens with one attached hydrogen (secondary N) is 1. The van der Waals surface area contributed by atoms with Crippen LogP contribution in [0.25, 0.3) is 0 Å². The van der Waals surface area contributed by atoms with Gasteiger partial charge in [0.05, 0.1) is 25.7 Å². The molecule has 0 unspecified atom stereocenters. The molecule has 2 aromatic rings. The van der Waals surface area contributed by atoms with Gasteiger partial charge in [0, 0.05) is 6.54 Å². The molecule has 5 rings (SSSR count). The minimum Gasteiger partial charge on any atom is -0.497 e. The van der Waals surface area contributed by atoms with Crippen LogP contribution in [0.2, 0.25) is 0 Å². The molecule has 3 aliphatic rings. The summed E-state index contributed by atoms with van der Waals surface area (Å²) in [6, 6.07) is 15.5. The first-order chi connectivity index (χ1) is 17.5. The van der Waals surface area contributed by atoms with Crippen molar-refractivity contribution in [3.63, 3.8) is 0 Å². The molecule has 3 aliphatic heterocycles. The van der Waals surface area contributed by atoms with E-state index in [-0.39, 0.29) is 19.8 Å². The normalized spacial score (nSPS) is 27.7. The van der Waals surface area contributed by atoms with Crippen LogP contribution in [0.3, 0.4) is 0 Å². The SMILES string of the molecule is CCOC(=O)[C@@H]1[C@H]2C(=O)N(OCc3ccc(OC)cc3)[C@H](C(=O)NCc3ccccc3)[C@]23C=C[C@H]1O3. The van der Waals surface area contributed by atoms with Gasteiger partial charge in [-0.25, -0.2) is 5.06 Å². The van der Waals surface area contributed by atoms with Crippen molar-refractivity contribution >= 4 is 17.8 Å². The molecule has 9 nitrogen and oxygen atoms in total. The molecule has 1 N–H and O–H groups in total. The Kier molecular flexibility index (Phi) is 6.51. The van der Waals surface area contributed by atoms with Gasteiger partial charge in [-0.15, -0.1) is 0 Å². The third-order valence-electron chi connectivity index (χ3n) is 6.88. The molecule has 188 valence electrons. The van der Waals surface area contributed by atoms with Crippen LogP contribution in [0.15, 0.2) is 66.7 Å². The van der Waals surface area contributed by atoms with Gasteiger partial charge < -0.3 is 19.5 Å². The molecule has 1 spiro atoms. The summed E-state index contributed by atoms with van der Waals surface area (Å²) in [5, 5.41) is 3.98. The van der Waals surface area contributed by atoms with E-state index in [9.17, 15) is 14.4 Å². The van der Waals surface area contributed by atoms with Gasteiger partial charge in [-0.2, -0.15) is 0 Å². The van der Waals surface area contributed by atoms with Crippen molar-refractivity contribution in [2.24, 2.45) is 11.8 Å². The van der Waals surface area contributed by atoms with Crippen LogP contribution in [0.4, 0.5) is 0 Å². The Morgan fingerprint density at radius 1 is 1.08 bits per heavy atom. The maximum Gasteiger partial charge on any atom is 0.312 e. The van der Waals surface area contributed by atoms with Gasteiger partial charge in [0.1, 0.15) is 23.9 Å². The maximum atomic E-state index is 13.7. The highest BCUT2D eigenvalue weighted by Crippen LogP contribution is 2.55. The summed E-state index contributed by atoms with van der Waals surface area (Å²) in [7, 11) is 1.58. The number of ether oxygens (including phenoxy) is 3. The van der Waals surface area contributed by atoms with Gasteiger partial charge in [-0.3, -0.25) is 19.2 Å². The van der Waals surface area contributed by atoms with Crippen LogP contribution < -0.4 is 10.1 Å². The molecule has 2 saturated heterocycles. The van der Waals surface area contributed by atoms with Crippen molar-refractivity contribution < 1.29 is 33.4 Å². The third-order valence-corrected chi connectivity index (χ3v) is 6.88. The van der Waals surface area contributed by atoms with Gasteiger partial charge >= 0.3 is 5.97 Å². The van der Waals surface area contributed by atoms with E-state index in [1.165, 1.54) is 0 Å². The number of fused-ring (bicyclic) bond motifs is 1. The van der Waals surface area contributed by atoms with E-state index < -0.39 is 47.4 Å². The summed E-state index contributed by atoms with van der Waals surface area (Å²) >= 11 is 0. The number of hydroxylamine groups is 2. The second-order valence-corrected chi connectivity index (χ2v) is 8.94. The maximum absolute atomic E-state index is 13.7. The van der Waals surface area contributed by atoms with Gasteiger partial charge in [-0.05, 0) is 30.2 Å². The van der Waals surface area contributed by atoms with Gasteiger partial charge in [0.2, 0.25) is 5.91 Å². The molecule has 0 aromatic heterocycles. The van der Waals surface area contributed by atoms with E-state index in [2.05, 4.69) is 5.32 Å². The van der Waals surface area contributed by atoms with Gasteiger partial charge in [-0.1, -0.05) is 54.6 Å². The number of rotatable bonds is 9. The topological polar surface area (TPSA) is 103 Å². The molecular formula is C27H28N2O7. The number of carbonyl (C=O) groups excluding carboxylic acids is 3. The van der Waals surface area contributed by atoms with E-state index in [4.69, 9.17) is 19.0 Å². The van der Waals surface area contributed by atoms with Crippen molar-refractivity contribution in [3.8, 4) is 5.75 Å². The van der Waals surface area contributed by atoms with Crippen LogP contribution in [0, 0.1) is 11.8 Å². The summed E-state index contributed by atoms with van der Waals surface area (Å²) in [6.45, 7) is 2.20. The Labute approximate surface area is 208 Å². The number of nitrogens with zero attached hydrogens (tertiary/aromatic N) is 1. The van der Waals surface area contributed by atoms with Crippen LogP contribution in [0.5, 0.6) is 5.75 Å². The number of hydrogen-bond donors (Lipinski definition) is 1. The lowest BCUT2D eigenvalue weighted by Crippen LogP contribution is -2.54. The molecule has 3 heterocycles. The zero-order valence-corrected chi connectivity index (χ0v) is 20.1. The zero-order valence-electron chi connectivity index (χ0n) is 20.1. The fraction of sp³-hybridized carbons (Fsp3) is 0.370. The standard InChI is InChI=1S/C27H28N2O7/c1-3-34-26(32)21-20-13-14-27(36-20)22(21)25(31)29(35-16-18-9-11-19(33-2)12-10-18)23(27)24(30)28-15-17-7-5-4-6-8-17/h4-14,20-23H,3,15-16H2,1-2H3,(H,28,30)/t20-,21+,22+,23-,27+/m1/s1. The molecule has 0 radical (unpaired) electrons. The van der Waals surface area contributed by atoms with E-state index in [1.807, 2.05) is 42.5 Å². The number of amides is 2. The van der Waals surface area contributed by atoms with Crippen LogP contribution >= 0.6 is 0 Å². The first-order valence-corrected chi connectivity index (χ1v) is 11.9. The van der Waals surface area contributed by atoms with Crippen LogP contribution in [-0.4, -0.2) is 54.3 Å². The first-order valence-electron chi connectivity index (χ1n) is 11.9. The minimum absolute atomic E-state index is 0.0399. The molecule has 2 aromatic carbocycles.